The van der Waals surface area contributed by atoms with Crippen LogP contribution >= 0.6 is 23.2 Å². The maximum absolute atomic E-state index is 12.0. The number of hydrogen-bond acceptors (Lipinski definition) is 4. The first-order valence-corrected chi connectivity index (χ1v) is 8.70. The Hall–Kier alpha value is -2.31. The van der Waals surface area contributed by atoms with E-state index >= 15 is 0 Å². The number of amides is 3. The summed E-state index contributed by atoms with van der Waals surface area (Å²) >= 11 is 11.9. The quantitative estimate of drug-likeness (QED) is 0.841. The molecule has 1 fully saturated rings. The number of ether oxygens (including phenoxy) is 1. The average molecular weight is 394 g/mol. The lowest BCUT2D eigenvalue weighted by molar-refractivity contribution is -0.127. The van der Waals surface area contributed by atoms with Crippen LogP contribution in [0.1, 0.15) is 24.1 Å². The number of carbonyl (C=O) groups excluding carboxylic acids is 2. The molecule has 1 aliphatic heterocycles. The Morgan fingerprint density at radius 2 is 1.96 bits per heavy atom. The standard InChI is InChI=1S/C18H17Cl2N3O3/c1-9-6-12(26-17-14(20)7-11(19)8-21-17)4-5-13(9)15-10(2)16(24)22-18(25)23(15)3/h4-8,10,15H,1-3H3,(H,22,24,25). The number of carbonyl (C=O) groups is 2. The Balaban J connectivity index is 1.89. The molecule has 1 aromatic carbocycles. The molecule has 2 unspecified atom stereocenters. The number of pyridine rings is 1. The number of aromatic nitrogens is 1. The van der Waals surface area contributed by atoms with Crippen molar-refractivity contribution in [3.05, 3.63) is 51.6 Å². The van der Waals surface area contributed by atoms with E-state index in [0.717, 1.165) is 11.1 Å². The van der Waals surface area contributed by atoms with E-state index < -0.39 is 6.03 Å². The summed E-state index contributed by atoms with van der Waals surface area (Å²) in [5, 5.41) is 3.07. The molecule has 1 aromatic heterocycles. The Morgan fingerprint density at radius 3 is 2.62 bits per heavy atom. The Labute approximate surface area is 161 Å². The fraction of sp³-hybridized carbons (Fsp3) is 0.278. The smallest absolute Gasteiger partial charge is 0.324 e. The second-order valence-electron chi connectivity index (χ2n) is 6.20. The van der Waals surface area contributed by atoms with Crippen molar-refractivity contribution in [2.45, 2.75) is 19.9 Å². The number of aryl methyl sites for hydroxylation is 1. The highest BCUT2D eigenvalue weighted by atomic mass is 35.5. The number of urea groups is 1. The molecule has 2 atom stereocenters. The van der Waals surface area contributed by atoms with E-state index in [0.29, 0.717) is 15.8 Å². The maximum Gasteiger partial charge on any atom is 0.324 e. The van der Waals surface area contributed by atoms with Crippen LogP contribution in [0.5, 0.6) is 11.6 Å². The minimum absolute atomic E-state index is 0.251. The van der Waals surface area contributed by atoms with Crippen molar-refractivity contribution in [1.29, 1.82) is 0 Å². The second kappa shape index (κ2) is 7.13. The molecule has 1 aliphatic rings. The van der Waals surface area contributed by atoms with E-state index in [1.54, 1.807) is 26.1 Å². The van der Waals surface area contributed by atoms with Gasteiger partial charge in [-0.2, -0.15) is 0 Å². The van der Waals surface area contributed by atoms with Gasteiger partial charge in [-0.05, 0) is 36.2 Å². The van der Waals surface area contributed by atoms with Gasteiger partial charge in [0.05, 0.1) is 17.0 Å². The fourth-order valence-electron chi connectivity index (χ4n) is 3.02. The van der Waals surface area contributed by atoms with Gasteiger partial charge in [-0.15, -0.1) is 0 Å². The predicted octanol–water partition coefficient (Wildman–Crippen LogP) is 4.35. The van der Waals surface area contributed by atoms with Gasteiger partial charge in [0.1, 0.15) is 10.8 Å². The molecular weight excluding hydrogens is 377 g/mol. The monoisotopic (exact) mass is 393 g/mol. The molecule has 1 N–H and O–H groups in total. The third kappa shape index (κ3) is 3.48. The van der Waals surface area contributed by atoms with Gasteiger partial charge < -0.3 is 9.64 Å². The van der Waals surface area contributed by atoms with E-state index in [1.165, 1.54) is 11.1 Å². The van der Waals surface area contributed by atoms with E-state index in [1.807, 2.05) is 19.1 Å². The second-order valence-corrected chi connectivity index (χ2v) is 7.04. The van der Waals surface area contributed by atoms with Crippen LogP contribution in [0.2, 0.25) is 10.0 Å². The SMILES string of the molecule is Cc1cc(Oc2ncc(Cl)cc2Cl)ccc1C1C(C)C(=O)NC(=O)N1C. The van der Waals surface area contributed by atoms with Crippen LogP contribution < -0.4 is 10.1 Å². The van der Waals surface area contributed by atoms with Gasteiger partial charge in [0, 0.05) is 13.2 Å². The van der Waals surface area contributed by atoms with Gasteiger partial charge in [-0.1, -0.05) is 36.2 Å². The summed E-state index contributed by atoms with van der Waals surface area (Å²) in [6.45, 7) is 3.70. The third-order valence-corrected chi connectivity index (χ3v) is 4.88. The van der Waals surface area contributed by atoms with E-state index in [2.05, 4.69) is 10.3 Å². The lowest BCUT2D eigenvalue weighted by Crippen LogP contribution is -2.53. The van der Waals surface area contributed by atoms with Crippen LogP contribution in [0.25, 0.3) is 0 Å². The fourth-order valence-corrected chi connectivity index (χ4v) is 3.44. The van der Waals surface area contributed by atoms with Crippen LogP contribution in [-0.2, 0) is 4.79 Å². The largest absolute Gasteiger partial charge is 0.438 e. The Bertz CT molecular complexity index is 868. The highest BCUT2D eigenvalue weighted by molar-refractivity contribution is 6.35. The molecule has 3 amide bonds. The van der Waals surface area contributed by atoms with Gasteiger partial charge in [0.2, 0.25) is 11.8 Å². The van der Waals surface area contributed by atoms with Crippen molar-refractivity contribution in [3.63, 3.8) is 0 Å². The molecule has 2 aromatic rings. The van der Waals surface area contributed by atoms with E-state index in [9.17, 15) is 9.59 Å². The van der Waals surface area contributed by atoms with Crippen molar-refractivity contribution >= 4 is 35.1 Å². The Kier molecular flexibility index (Phi) is 5.07. The molecular formula is C18H17Cl2N3O3. The predicted molar refractivity (Wildman–Crippen MR) is 98.7 cm³/mol. The first-order chi connectivity index (χ1) is 12.3. The van der Waals surface area contributed by atoms with Gasteiger partial charge in [-0.3, -0.25) is 10.1 Å². The molecule has 1 saturated heterocycles. The molecule has 0 spiro atoms. The van der Waals surface area contributed by atoms with Crippen molar-refractivity contribution < 1.29 is 14.3 Å². The molecule has 0 aliphatic carbocycles. The normalized spacial score (nSPS) is 20.1. The summed E-state index contributed by atoms with van der Waals surface area (Å²) in [5.74, 6) is 0.149. The van der Waals surface area contributed by atoms with Gasteiger partial charge >= 0.3 is 6.03 Å². The first kappa shape index (κ1) is 18.5. The number of nitrogens with one attached hydrogen (secondary N) is 1. The van der Waals surface area contributed by atoms with Crippen LogP contribution in [0.15, 0.2) is 30.5 Å². The molecule has 6 nitrogen and oxygen atoms in total. The number of imide groups is 1. The summed E-state index contributed by atoms with van der Waals surface area (Å²) in [6.07, 6.45) is 1.45. The van der Waals surface area contributed by atoms with E-state index in [-0.39, 0.29) is 23.7 Å². The van der Waals surface area contributed by atoms with Gasteiger partial charge in [-0.25, -0.2) is 9.78 Å². The lowest BCUT2D eigenvalue weighted by Gasteiger charge is -2.37. The molecule has 0 radical (unpaired) electrons. The molecule has 26 heavy (non-hydrogen) atoms. The zero-order valence-electron chi connectivity index (χ0n) is 14.4. The first-order valence-electron chi connectivity index (χ1n) is 7.95. The topological polar surface area (TPSA) is 71.5 Å². The van der Waals surface area contributed by atoms with E-state index in [4.69, 9.17) is 27.9 Å². The summed E-state index contributed by atoms with van der Waals surface area (Å²) in [7, 11) is 1.67. The number of hydrogen-bond donors (Lipinski definition) is 1. The summed E-state index contributed by atoms with van der Waals surface area (Å²) in [6, 6.07) is 6.22. The van der Waals surface area contributed by atoms with Crippen molar-refractivity contribution in [1.82, 2.24) is 15.2 Å². The van der Waals surface area contributed by atoms with Crippen molar-refractivity contribution in [3.8, 4) is 11.6 Å². The Morgan fingerprint density at radius 1 is 1.23 bits per heavy atom. The molecule has 2 heterocycles. The molecule has 8 heteroatoms. The minimum Gasteiger partial charge on any atom is -0.438 e. The molecule has 3 rings (SSSR count). The number of benzene rings is 1. The van der Waals surface area contributed by atoms with Crippen LogP contribution in [0, 0.1) is 12.8 Å². The summed E-state index contributed by atoms with van der Waals surface area (Å²) < 4.78 is 5.72. The summed E-state index contributed by atoms with van der Waals surface area (Å²) in [5.41, 5.74) is 1.77. The van der Waals surface area contributed by atoms with Crippen LogP contribution in [0.4, 0.5) is 4.79 Å². The summed E-state index contributed by atoms with van der Waals surface area (Å²) in [4.78, 5) is 29.6. The number of rotatable bonds is 3. The van der Waals surface area contributed by atoms with Crippen molar-refractivity contribution in [2.75, 3.05) is 7.05 Å². The van der Waals surface area contributed by atoms with Crippen molar-refractivity contribution in [2.24, 2.45) is 5.92 Å². The zero-order chi connectivity index (χ0) is 19.0. The third-order valence-electron chi connectivity index (χ3n) is 4.40. The van der Waals surface area contributed by atoms with Gasteiger partial charge in [0.15, 0.2) is 0 Å². The number of halogens is 2. The van der Waals surface area contributed by atoms with Crippen LogP contribution in [0.3, 0.4) is 0 Å². The maximum atomic E-state index is 12.0. The molecule has 0 saturated carbocycles. The lowest BCUT2D eigenvalue weighted by atomic mass is 9.88. The highest BCUT2D eigenvalue weighted by Gasteiger charge is 2.38. The zero-order valence-corrected chi connectivity index (χ0v) is 15.9. The average Bonchev–Trinajstić information content (AvgIpc) is 2.57. The molecule has 136 valence electrons. The number of nitrogens with zero attached hydrogens (tertiary/aromatic N) is 2. The minimum atomic E-state index is -0.407. The van der Waals surface area contributed by atoms with Crippen LogP contribution in [-0.4, -0.2) is 28.9 Å². The highest BCUT2D eigenvalue weighted by Crippen LogP contribution is 2.35. The molecule has 0 bridgehead atoms. The van der Waals surface area contributed by atoms with Gasteiger partial charge in [0.25, 0.3) is 0 Å².